The Bertz CT molecular complexity index is 968. The van der Waals surface area contributed by atoms with Gasteiger partial charge in [0.15, 0.2) is 6.61 Å². The second-order valence-corrected chi connectivity index (χ2v) is 6.07. The van der Waals surface area contributed by atoms with E-state index in [4.69, 9.17) is 4.74 Å². The third kappa shape index (κ3) is 3.40. The fraction of sp³-hybridized carbons (Fsp3) is 0.278. The van der Waals surface area contributed by atoms with Crippen LogP contribution in [0.2, 0.25) is 0 Å². The van der Waals surface area contributed by atoms with Crippen LogP contribution in [-0.4, -0.2) is 33.2 Å². The predicted molar refractivity (Wildman–Crippen MR) is 94.6 cm³/mol. The lowest BCUT2D eigenvalue weighted by Gasteiger charge is -2.06. The van der Waals surface area contributed by atoms with E-state index >= 15 is 0 Å². The smallest absolute Gasteiger partial charge is 0.355 e. The van der Waals surface area contributed by atoms with Gasteiger partial charge in [-0.25, -0.2) is 4.79 Å². The minimum Gasteiger partial charge on any atom is -0.451 e. The third-order valence-corrected chi connectivity index (χ3v) is 4.11. The van der Waals surface area contributed by atoms with Crippen LogP contribution in [0.3, 0.4) is 0 Å². The predicted octanol–water partition coefficient (Wildman–Crippen LogP) is 2.62. The van der Waals surface area contributed by atoms with Crippen LogP contribution >= 0.6 is 0 Å². The maximum Gasteiger partial charge on any atom is 0.355 e. The van der Waals surface area contributed by atoms with E-state index < -0.39 is 11.9 Å². The molecule has 0 unspecified atom stereocenters. The fourth-order valence-corrected chi connectivity index (χ4v) is 2.69. The number of aryl methyl sites for hydroxylation is 3. The molecule has 0 radical (unpaired) electrons. The maximum absolute atomic E-state index is 12.1. The number of carbonyl (C=O) groups excluding carboxylic acids is 2. The molecule has 0 atom stereocenters. The molecule has 7 heteroatoms. The molecule has 3 rings (SSSR count). The van der Waals surface area contributed by atoms with Crippen LogP contribution in [0.25, 0.3) is 10.9 Å². The van der Waals surface area contributed by atoms with Gasteiger partial charge in [0.25, 0.3) is 5.91 Å². The zero-order valence-corrected chi connectivity index (χ0v) is 14.6. The number of amides is 1. The highest BCUT2D eigenvalue weighted by atomic mass is 16.5. The molecule has 2 heterocycles. The van der Waals surface area contributed by atoms with Gasteiger partial charge in [0.2, 0.25) is 0 Å². The molecule has 2 N–H and O–H groups in total. The molecule has 1 aromatic carbocycles. The van der Waals surface area contributed by atoms with Crippen molar-refractivity contribution in [1.82, 2.24) is 14.8 Å². The number of fused-ring (bicyclic) bond motifs is 1. The maximum atomic E-state index is 12.1. The number of ether oxygens (including phenoxy) is 1. The summed E-state index contributed by atoms with van der Waals surface area (Å²) >= 11 is 0. The number of nitrogens with zero attached hydrogens (tertiary/aromatic N) is 2. The van der Waals surface area contributed by atoms with E-state index in [1.54, 1.807) is 24.7 Å². The molecule has 0 bridgehead atoms. The molecule has 25 heavy (non-hydrogen) atoms. The van der Waals surface area contributed by atoms with E-state index in [0.29, 0.717) is 17.1 Å². The monoisotopic (exact) mass is 340 g/mol. The summed E-state index contributed by atoms with van der Waals surface area (Å²) in [5, 5.41) is 7.88. The van der Waals surface area contributed by atoms with Crippen molar-refractivity contribution in [2.45, 2.75) is 20.8 Å². The van der Waals surface area contributed by atoms with Crippen molar-refractivity contribution in [1.29, 1.82) is 0 Å². The molecular weight excluding hydrogens is 320 g/mol. The molecule has 0 saturated carbocycles. The normalized spacial score (nSPS) is 10.9. The fourth-order valence-electron chi connectivity index (χ4n) is 2.69. The lowest BCUT2D eigenvalue weighted by atomic mass is 10.2. The highest BCUT2D eigenvalue weighted by molar-refractivity contribution is 5.98. The Labute approximate surface area is 145 Å². The Balaban J connectivity index is 1.63. The lowest BCUT2D eigenvalue weighted by Crippen LogP contribution is -2.21. The van der Waals surface area contributed by atoms with Crippen LogP contribution in [0.1, 0.15) is 27.4 Å². The van der Waals surface area contributed by atoms with Gasteiger partial charge < -0.3 is 15.0 Å². The van der Waals surface area contributed by atoms with Crippen molar-refractivity contribution in [3.63, 3.8) is 0 Å². The van der Waals surface area contributed by atoms with Gasteiger partial charge in [-0.2, -0.15) is 5.10 Å². The van der Waals surface area contributed by atoms with Crippen molar-refractivity contribution < 1.29 is 14.3 Å². The number of nitrogens with one attached hydrogen (secondary N) is 2. The molecule has 7 nitrogen and oxygen atoms in total. The summed E-state index contributed by atoms with van der Waals surface area (Å²) in [6.45, 7) is 5.28. The second kappa shape index (κ2) is 6.43. The number of aromatic nitrogens is 3. The number of H-pyrrole nitrogens is 1. The average molecular weight is 340 g/mol. The quantitative estimate of drug-likeness (QED) is 0.715. The number of anilines is 1. The topological polar surface area (TPSA) is 89.0 Å². The molecule has 0 aliphatic carbocycles. The number of benzene rings is 1. The largest absolute Gasteiger partial charge is 0.451 e. The van der Waals surface area contributed by atoms with Gasteiger partial charge >= 0.3 is 5.97 Å². The van der Waals surface area contributed by atoms with Crippen molar-refractivity contribution in [2.24, 2.45) is 7.05 Å². The molecular formula is C18H20N4O3. The number of esters is 1. The molecule has 1 amide bonds. The minimum atomic E-state index is -0.566. The standard InChI is InChI=1S/C18H20N4O3/c1-10-5-6-13-8-15(19-14(13)7-10)18(24)25-9-16(23)20-17-11(2)21-22(4)12(17)3/h5-8,19H,9H2,1-4H3,(H,20,23). The number of rotatable bonds is 4. The van der Waals surface area contributed by atoms with Crippen LogP contribution in [0.15, 0.2) is 24.3 Å². The lowest BCUT2D eigenvalue weighted by molar-refractivity contribution is -0.119. The average Bonchev–Trinajstić information content (AvgIpc) is 3.08. The Morgan fingerprint density at radius 3 is 2.68 bits per heavy atom. The Hall–Kier alpha value is -3.09. The summed E-state index contributed by atoms with van der Waals surface area (Å²) in [4.78, 5) is 27.2. The molecule has 0 fully saturated rings. The van der Waals surface area contributed by atoms with Crippen molar-refractivity contribution >= 4 is 28.5 Å². The minimum absolute atomic E-state index is 0.321. The zero-order chi connectivity index (χ0) is 18.1. The summed E-state index contributed by atoms with van der Waals surface area (Å²) in [6, 6.07) is 7.56. The Morgan fingerprint density at radius 2 is 2.00 bits per heavy atom. The van der Waals surface area contributed by atoms with Crippen molar-refractivity contribution in [3.05, 3.63) is 46.9 Å². The van der Waals surface area contributed by atoms with Gasteiger partial charge in [0.05, 0.1) is 17.1 Å². The molecule has 0 aliphatic heterocycles. The molecule has 2 aromatic heterocycles. The van der Waals surface area contributed by atoms with E-state index in [9.17, 15) is 9.59 Å². The highest BCUT2D eigenvalue weighted by Crippen LogP contribution is 2.19. The third-order valence-electron chi connectivity index (χ3n) is 4.11. The first-order chi connectivity index (χ1) is 11.8. The highest BCUT2D eigenvalue weighted by Gasteiger charge is 2.16. The van der Waals surface area contributed by atoms with Crippen LogP contribution < -0.4 is 5.32 Å². The van der Waals surface area contributed by atoms with Crippen LogP contribution in [-0.2, 0) is 16.6 Å². The summed E-state index contributed by atoms with van der Waals surface area (Å²) in [6.07, 6.45) is 0. The first-order valence-electron chi connectivity index (χ1n) is 7.91. The zero-order valence-electron chi connectivity index (χ0n) is 14.6. The van der Waals surface area contributed by atoms with Gasteiger partial charge in [-0.1, -0.05) is 12.1 Å². The first kappa shape index (κ1) is 16.8. The molecule has 3 aromatic rings. The van der Waals surface area contributed by atoms with E-state index in [2.05, 4.69) is 15.4 Å². The summed E-state index contributed by atoms with van der Waals surface area (Å²) in [5.41, 5.74) is 4.47. The Kier molecular flexibility index (Phi) is 4.31. The van der Waals surface area contributed by atoms with Gasteiger partial charge in [-0.05, 0) is 38.5 Å². The second-order valence-electron chi connectivity index (χ2n) is 6.07. The molecule has 0 aliphatic rings. The molecule has 0 spiro atoms. The summed E-state index contributed by atoms with van der Waals surface area (Å²) in [5.74, 6) is -0.969. The number of hydrogen-bond acceptors (Lipinski definition) is 4. The first-order valence-corrected chi connectivity index (χ1v) is 7.91. The summed E-state index contributed by atoms with van der Waals surface area (Å²) in [7, 11) is 1.80. The van der Waals surface area contributed by atoms with Crippen LogP contribution in [0, 0.1) is 20.8 Å². The number of hydrogen-bond donors (Lipinski definition) is 2. The van der Waals surface area contributed by atoms with Gasteiger partial charge in [0, 0.05) is 18.0 Å². The van der Waals surface area contributed by atoms with Crippen molar-refractivity contribution in [3.8, 4) is 0 Å². The van der Waals surface area contributed by atoms with Gasteiger partial charge in [-0.15, -0.1) is 0 Å². The Morgan fingerprint density at radius 1 is 1.24 bits per heavy atom. The van der Waals surface area contributed by atoms with Crippen LogP contribution in [0.4, 0.5) is 5.69 Å². The van der Waals surface area contributed by atoms with E-state index in [0.717, 1.165) is 22.2 Å². The van der Waals surface area contributed by atoms with Gasteiger partial charge in [-0.3, -0.25) is 9.48 Å². The molecule has 130 valence electrons. The molecule has 0 saturated heterocycles. The SMILES string of the molecule is Cc1ccc2cc(C(=O)OCC(=O)Nc3c(C)nn(C)c3C)[nH]c2c1. The number of aromatic amines is 1. The van der Waals surface area contributed by atoms with E-state index in [-0.39, 0.29) is 6.61 Å². The van der Waals surface area contributed by atoms with E-state index in [1.165, 1.54) is 0 Å². The van der Waals surface area contributed by atoms with Crippen molar-refractivity contribution in [2.75, 3.05) is 11.9 Å². The number of carbonyl (C=O) groups is 2. The summed E-state index contributed by atoms with van der Waals surface area (Å²) < 4.78 is 6.78. The van der Waals surface area contributed by atoms with Gasteiger partial charge in [0.1, 0.15) is 5.69 Å². The van der Waals surface area contributed by atoms with E-state index in [1.807, 2.05) is 32.0 Å². The van der Waals surface area contributed by atoms with Crippen LogP contribution in [0.5, 0.6) is 0 Å².